The molecular weight excluding hydrogens is 399 g/mol. The number of hydrogen-bond acceptors (Lipinski definition) is 3. The molecule has 0 fully saturated rings. The van der Waals surface area contributed by atoms with Crippen molar-refractivity contribution in [3.8, 4) is 0 Å². The van der Waals surface area contributed by atoms with Gasteiger partial charge in [-0.15, -0.1) is 0 Å². The van der Waals surface area contributed by atoms with Gasteiger partial charge in [0.25, 0.3) is 0 Å². The predicted molar refractivity (Wildman–Crippen MR) is 107 cm³/mol. The summed E-state index contributed by atoms with van der Waals surface area (Å²) in [4.78, 5) is 2.39. The van der Waals surface area contributed by atoms with Gasteiger partial charge in [0.05, 0.1) is 0 Å². The van der Waals surface area contributed by atoms with Gasteiger partial charge in [-0.1, -0.05) is 0 Å². The SMILES string of the molecule is Cc1ccc2c(oc3ccccc32)c1N1C=CN(C(C)C)I1C. The van der Waals surface area contributed by atoms with Crippen LogP contribution in [-0.4, -0.2) is 14.1 Å². The van der Waals surface area contributed by atoms with Gasteiger partial charge in [0, 0.05) is 0 Å². The third-order valence-corrected chi connectivity index (χ3v) is 9.67. The van der Waals surface area contributed by atoms with Gasteiger partial charge in [-0.25, -0.2) is 0 Å². The molecule has 0 N–H and O–H groups in total. The van der Waals surface area contributed by atoms with E-state index in [1.54, 1.807) is 0 Å². The molecular formula is C19H21IN2O. The zero-order chi connectivity index (χ0) is 16.1. The van der Waals surface area contributed by atoms with E-state index in [0.717, 1.165) is 11.2 Å². The molecule has 3 aromatic rings. The van der Waals surface area contributed by atoms with Crippen LogP contribution in [0.5, 0.6) is 0 Å². The van der Waals surface area contributed by atoms with Gasteiger partial charge in [0.1, 0.15) is 0 Å². The fraction of sp³-hybridized carbons (Fsp3) is 0.263. The molecule has 1 aliphatic heterocycles. The van der Waals surface area contributed by atoms with E-state index >= 15 is 0 Å². The Kier molecular flexibility index (Phi) is 3.52. The van der Waals surface area contributed by atoms with Crippen molar-refractivity contribution in [2.45, 2.75) is 26.8 Å². The monoisotopic (exact) mass is 420 g/mol. The number of rotatable bonds is 2. The van der Waals surface area contributed by atoms with E-state index < -0.39 is 20.4 Å². The molecule has 23 heavy (non-hydrogen) atoms. The summed E-state index contributed by atoms with van der Waals surface area (Å²) in [5.41, 5.74) is 4.50. The van der Waals surface area contributed by atoms with E-state index in [9.17, 15) is 0 Å². The van der Waals surface area contributed by atoms with Crippen molar-refractivity contribution in [2.75, 3.05) is 8.04 Å². The van der Waals surface area contributed by atoms with Crippen molar-refractivity contribution in [2.24, 2.45) is 0 Å². The first-order valence-corrected chi connectivity index (χ1v) is 11.9. The van der Waals surface area contributed by atoms with Crippen LogP contribution >= 0.6 is 20.4 Å². The van der Waals surface area contributed by atoms with Crippen molar-refractivity contribution in [3.05, 3.63) is 54.4 Å². The zero-order valence-corrected chi connectivity index (χ0v) is 16.0. The Labute approximate surface area is 144 Å². The number of furan rings is 1. The summed E-state index contributed by atoms with van der Waals surface area (Å²) in [6.07, 6.45) is 4.48. The number of aryl methyl sites for hydroxylation is 1. The average Bonchev–Trinajstić information content (AvgIpc) is 3.08. The number of para-hydroxylation sites is 1. The molecule has 0 amide bonds. The van der Waals surface area contributed by atoms with E-state index in [1.165, 1.54) is 22.0 Å². The molecule has 0 spiro atoms. The van der Waals surface area contributed by atoms with Gasteiger partial charge in [-0.05, 0) is 0 Å². The van der Waals surface area contributed by atoms with E-state index in [4.69, 9.17) is 4.42 Å². The predicted octanol–water partition coefficient (Wildman–Crippen LogP) is 5.86. The normalized spacial score (nSPS) is 16.5. The summed E-state index contributed by atoms with van der Waals surface area (Å²) in [6.45, 7) is 6.70. The molecule has 0 saturated heterocycles. The summed E-state index contributed by atoms with van der Waals surface area (Å²) in [6, 6.07) is 13.3. The fourth-order valence-electron chi connectivity index (χ4n) is 3.17. The fourth-order valence-corrected chi connectivity index (χ4v) is 7.83. The number of hydrogen-bond donors (Lipinski definition) is 0. The zero-order valence-electron chi connectivity index (χ0n) is 13.9. The summed E-state index contributed by atoms with van der Waals surface area (Å²) >= 11 is -1.44. The molecule has 2 heterocycles. The maximum atomic E-state index is 6.25. The maximum absolute atomic E-state index is 6.25. The molecule has 4 rings (SSSR count). The first-order chi connectivity index (χ1) is 11.1. The molecule has 0 bridgehead atoms. The molecule has 1 aromatic heterocycles. The van der Waals surface area contributed by atoms with E-state index in [0.29, 0.717) is 6.04 Å². The third-order valence-electron chi connectivity index (χ3n) is 4.32. The van der Waals surface area contributed by atoms with Gasteiger partial charge in [0.2, 0.25) is 0 Å². The molecule has 0 unspecified atom stereocenters. The van der Waals surface area contributed by atoms with E-state index in [-0.39, 0.29) is 0 Å². The van der Waals surface area contributed by atoms with Crippen LogP contribution in [0, 0.1) is 6.92 Å². The molecule has 1 aliphatic rings. The van der Waals surface area contributed by atoms with Crippen LogP contribution in [0.3, 0.4) is 0 Å². The topological polar surface area (TPSA) is 19.6 Å². The number of alkyl halides is 1. The Balaban J connectivity index is 1.93. The van der Waals surface area contributed by atoms with Gasteiger partial charge in [-0.3, -0.25) is 0 Å². The van der Waals surface area contributed by atoms with Crippen LogP contribution in [0.1, 0.15) is 19.4 Å². The summed E-state index contributed by atoms with van der Waals surface area (Å²) in [7, 11) is 0. The van der Waals surface area contributed by atoms with Gasteiger partial charge in [0.15, 0.2) is 0 Å². The second-order valence-electron chi connectivity index (χ2n) is 6.17. The number of fused-ring (bicyclic) bond motifs is 3. The summed E-state index contributed by atoms with van der Waals surface area (Å²) < 4.78 is 11.2. The molecule has 4 heteroatoms. The third kappa shape index (κ3) is 2.23. The molecule has 0 aliphatic carbocycles. The van der Waals surface area contributed by atoms with E-state index in [1.807, 2.05) is 6.07 Å². The molecule has 0 atom stereocenters. The second kappa shape index (κ2) is 5.44. The van der Waals surface area contributed by atoms with Crippen LogP contribution < -0.4 is 3.11 Å². The Morgan fingerprint density at radius 1 is 1.00 bits per heavy atom. The first kappa shape index (κ1) is 14.9. The van der Waals surface area contributed by atoms with Crippen molar-refractivity contribution in [1.29, 1.82) is 0 Å². The minimum absolute atomic E-state index is 0.543. The number of benzene rings is 2. The Morgan fingerprint density at radius 3 is 2.52 bits per heavy atom. The summed E-state index contributed by atoms with van der Waals surface area (Å²) in [5.74, 6) is 0. The second-order valence-corrected chi connectivity index (χ2v) is 10.7. The Hall–Kier alpha value is -1.69. The quantitative estimate of drug-likeness (QED) is 0.294. The molecule has 3 nitrogen and oxygen atoms in total. The van der Waals surface area contributed by atoms with E-state index in [2.05, 4.69) is 74.7 Å². The Morgan fingerprint density at radius 2 is 1.78 bits per heavy atom. The van der Waals surface area contributed by atoms with Crippen molar-refractivity contribution < 1.29 is 4.42 Å². The number of anilines is 1. The standard InChI is InChI=1S/C19H21IN2O/c1-13(2)21-11-12-22(20(21)4)18-14(3)9-10-16-15-7-5-6-8-17(15)23-19(16)18/h5-13H,1-4H3. The number of nitrogens with zero attached hydrogens (tertiary/aromatic N) is 2. The number of halogens is 1. The average molecular weight is 420 g/mol. The van der Waals surface area contributed by atoms with Crippen LogP contribution in [0.15, 0.2) is 53.2 Å². The van der Waals surface area contributed by atoms with Gasteiger partial charge >= 0.3 is 145 Å². The van der Waals surface area contributed by atoms with Gasteiger partial charge < -0.3 is 0 Å². The van der Waals surface area contributed by atoms with Crippen molar-refractivity contribution in [1.82, 2.24) is 3.11 Å². The molecule has 0 radical (unpaired) electrons. The van der Waals surface area contributed by atoms with Crippen LogP contribution in [0.2, 0.25) is 0 Å². The van der Waals surface area contributed by atoms with Crippen LogP contribution in [0.4, 0.5) is 5.69 Å². The molecule has 2 aromatic carbocycles. The molecule has 0 saturated carbocycles. The minimum atomic E-state index is -1.44. The van der Waals surface area contributed by atoms with Gasteiger partial charge in [-0.2, -0.15) is 0 Å². The first-order valence-electron chi connectivity index (χ1n) is 7.85. The molecule has 120 valence electrons. The van der Waals surface area contributed by atoms with Crippen molar-refractivity contribution >= 4 is 48.0 Å². The van der Waals surface area contributed by atoms with Crippen LogP contribution in [0.25, 0.3) is 21.9 Å². The summed E-state index contributed by atoms with van der Waals surface area (Å²) in [5, 5.41) is 2.41. The van der Waals surface area contributed by atoms with Crippen LogP contribution in [-0.2, 0) is 0 Å². The van der Waals surface area contributed by atoms with Crippen molar-refractivity contribution in [3.63, 3.8) is 0 Å². The Bertz CT molecular complexity index is 912.